The Morgan fingerprint density at radius 2 is 2.32 bits per heavy atom. The van der Waals surface area contributed by atoms with E-state index in [2.05, 4.69) is 17.2 Å². The van der Waals surface area contributed by atoms with Crippen molar-refractivity contribution in [3.8, 4) is 5.88 Å². The third kappa shape index (κ3) is 3.25. The molecule has 1 N–H and O–H groups in total. The van der Waals surface area contributed by atoms with Crippen molar-refractivity contribution in [3.63, 3.8) is 0 Å². The van der Waals surface area contributed by atoms with E-state index in [1.165, 1.54) is 24.8 Å². The van der Waals surface area contributed by atoms with Crippen LogP contribution >= 0.6 is 0 Å². The Morgan fingerprint density at radius 1 is 1.42 bits per heavy atom. The van der Waals surface area contributed by atoms with E-state index in [-0.39, 0.29) is 0 Å². The molecule has 2 heterocycles. The molecule has 0 unspecified atom stereocenters. The smallest absolute Gasteiger partial charge is 0.213 e. The number of pyridine rings is 1. The average molecular weight is 262 g/mol. The van der Waals surface area contributed by atoms with Gasteiger partial charge in [0.2, 0.25) is 5.88 Å². The summed E-state index contributed by atoms with van der Waals surface area (Å²) in [4.78, 5) is 4.28. The second-order valence-electron chi connectivity index (χ2n) is 5.53. The molecule has 1 saturated carbocycles. The Balaban J connectivity index is 1.53. The molecule has 0 amide bonds. The molecule has 104 valence electrons. The fraction of sp³-hybridized carbons (Fsp3) is 0.667. The first kappa shape index (κ1) is 12.9. The van der Waals surface area contributed by atoms with Gasteiger partial charge in [0.05, 0.1) is 6.10 Å². The van der Waals surface area contributed by atoms with Gasteiger partial charge in [0, 0.05) is 31.5 Å². The molecule has 1 aliphatic carbocycles. The quantitative estimate of drug-likeness (QED) is 0.884. The van der Waals surface area contributed by atoms with Gasteiger partial charge in [0.25, 0.3) is 0 Å². The molecule has 1 saturated heterocycles. The van der Waals surface area contributed by atoms with E-state index >= 15 is 0 Å². The third-order valence-corrected chi connectivity index (χ3v) is 4.08. The summed E-state index contributed by atoms with van der Waals surface area (Å²) >= 11 is 0. The zero-order valence-electron chi connectivity index (χ0n) is 11.5. The molecule has 1 aromatic heterocycles. The monoisotopic (exact) mass is 262 g/mol. The zero-order valence-corrected chi connectivity index (χ0v) is 11.5. The van der Waals surface area contributed by atoms with Crippen molar-refractivity contribution < 1.29 is 9.47 Å². The fourth-order valence-corrected chi connectivity index (χ4v) is 2.53. The summed E-state index contributed by atoms with van der Waals surface area (Å²) in [7, 11) is 0. The van der Waals surface area contributed by atoms with Crippen LogP contribution in [0.15, 0.2) is 18.3 Å². The van der Waals surface area contributed by atoms with Crippen molar-refractivity contribution in [2.75, 3.05) is 6.61 Å². The van der Waals surface area contributed by atoms with Crippen molar-refractivity contribution >= 4 is 0 Å². The van der Waals surface area contributed by atoms with Crippen molar-refractivity contribution in [1.29, 1.82) is 0 Å². The van der Waals surface area contributed by atoms with Crippen molar-refractivity contribution in [2.45, 2.75) is 57.4 Å². The van der Waals surface area contributed by atoms with Crippen LogP contribution in [-0.2, 0) is 11.3 Å². The summed E-state index contributed by atoms with van der Waals surface area (Å²) in [5, 5.41) is 3.55. The summed E-state index contributed by atoms with van der Waals surface area (Å²) in [6, 6.07) is 4.55. The molecule has 4 nitrogen and oxygen atoms in total. The van der Waals surface area contributed by atoms with Crippen LogP contribution in [0.5, 0.6) is 5.88 Å². The second-order valence-corrected chi connectivity index (χ2v) is 5.53. The number of ether oxygens (including phenoxy) is 2. The summed E-state index contributed by atoms with van der Waals surface area (Å²) < 4.78 is 11.4. The number of hydrogen-bond acceptors (Lipinski definition) is 4. The van der Waals surface area contributed by atoms with Crippen LogP contribution in [0.2, 0.25) is 0 Å². The molecule has 4 heteroatoms. The van der Waals surface area contributed by atoms with Gasteiger partial charge in [-0.1, -0.05) is 0 Å². The largest absolute Gasteiger partial charge is 0.474 e. The van der Waals surface area contributed by atoms with Gasteiger partial charge in [-0.05, 0) is 44.2 Å². The molecule has 1 aromatic rings. The lowest BCUT2D eigenvalue weighted by Crippen LogP contribution is -2.34. The van der Waals surface area contributed by atoms with Gasteiger partial charge < -0.3 is 14.8 Å². The van der Waals surface area contributed by atoms with Crippen LogP contribution in [0.1, 0.15) is 38.2 Å². The predicted molar refractivity (Wildman–Crippen MR) is 73.2 cm³/mol. The highest BCUT2D eigenvalue weighted by molar-refractivity contribution is 5.20. The number of aromatic nitrogens is 1. The van der Waals surface area contributed by atoms with E-state index in [1.807, 2.05) is 18.3 Å². The fourth-order valence-electron chi connectivity index (χ4n) is 2.53. The minimum atomic E-state index is 0.313. The molecular weight excluding hydrogens is 240 g/mol. The Hall–Kier alpha value is -1.13. The predicted octanol–water partition coefficient (Wildman–Crippen LogP) is 2.28. The van der Waals surface area contributed by atoms with Gasteiger partial charge >= 0.3 is 0 Å². The molecule has 0 radical (unpaired) electrons. The Labute approximate surface area is 114 Å². The summed E-state index contributed by atoms with van der Waals surface area (Å²) in [5.41, 5.74) is 1.23. The molecule has 2 atom stereocenters. The standard InChI is InChI=1S/C15H22N2O2/c1-11-14(6-8-18-11)17-10-12-5-7-16-15(9-12)19-13-3-2-4-13/h5,7,9,11,13-14,17H,2-4,6,8,10H2,1H3/t11-,14+/m1/s1. The van der Waals surface area contributed by atoms with Crippen LogP contribution in [-0.4, -0.2) is 29.8 Å². The highest BCUT2D eigenvalue weighted by Crippen LogP contribution is 2.24. The van der Waals surface area contributed by atoms with Crippen molar-refractivity contribution in [2.24, 2.45) is 0 Å². The Kier molecular flexibility index (Phi) is 3.99. The van der Waals surface area contributed by atoms with Gasteiger partial charge in [-0.25, -0.2) is 4.98 Å². The van der Waals surface area contributed by atoms with Gasteiger partial charge in [-0.15, -0.1) is 0 Å². The van der Waals surface area contributed by atoms with Gasteiger partial charge in [-0.2, -0.15) is 0 Å². The molecule has 1 aliphatic heterocycles. The number of rotatable bonds is 5. The van der Waals surface area contributed by atoms with Gasteiger partial charge in [0.15, 0.2) is 0 Å². The van der Waals surface area contributed by atoms with E-state index < -0.39 is 0 Å². The van der Waals surface area contributed by atoms with E-state index in [0.29, 0.717) is 18.2 Å². The maximum Gasteiger partial charge on any atom is 0.213 e. The van der Waals surface area contributed by atoms with Crippen LogP contribution in [0.3, 0.4) is 0 Å². The Morgan fingerprint density at radius 3 is 3.00 bits per heavy atom. The summed E-state index contributed by atoms with van der Waals surface area (Å²) in [5.74, 6) is 0.764. The van der Waals surface area contributed by atoms with E-state index in [9.17, 15) is 0 Å². The average Bonchev–Trinajstić information content (AvgIpc) is 2.78. The molecule has 0 aromatic carbocycles. The van der Waals surface area contributed by atoms with E-state index in [0.717, 1.165) is 25.5 Å². The third-order valence-electron chi connectivity index (χ3n) is 4.08. The van der Waals surface area contributed by atoms with Crippen LogP contribution in [0.25, 0.3) is 0 Å². The number of nitrogens with zero attached hydrogens (tertiary/aromatic N) is 1. The minimum absolute atomic E-state index is 0.313. The van der Waals surface area contributed by atoms with Gasteiger partial charge in [-0.3, -0.25) is 0 Å². The minimum Gasteiger partial charge on any atom is -0.474 e. The first-order valence-corrected chi connectivity index (χ1v) is 7.28. The lowest BCUT2D eigenvalue weighted by atomic mass is 9.96. The molecule has 19 heavy (non-hydrogen) atoms. The highest BCUT2D eigenvalue weighted by atomic mass is 16.5. The maximum atomic E-state index is 5.82. The van der Waals surface area contributed by atoms with Gasteiger partial charge in [0.1, 0.15) is 6.10 Å². The SMILES string of the molecule is C[C@H]1OCC[C@@H]1NCc1ccnc(OC2CCC2)c1. The maximum absolute atomic E-state index is 5.82. The van der Waals surface area contributed by atoms with Crippen LogP contribution in [0.4, 0.5) is 0 Å². The lowest BCUT2D eigenvalue weighted by Gasteiger charge is -2.25. The van der Waals surface area contributed by atoms with Crippen molar-refractivity contribution in [1.82, 2.24) is 10.3 Å². The summed E-state index contributed by atoms with van der Waals surface area (Å²) in [6.07, 6.45) is 7.25. The van der Waals surface area contributed by atoms with Crippen LogP contribution < -0.4 is 10.1 Å². The molecule has 0 bridgehead atoms. The second kappa shape index (κ2) is 5.88. The topological polar surface area (TPSA) is 43.4 Å². The number of hydrogen-bond donors (Lipinski definition) is 1. The molecule has 2 fully saturated rings. The molecule has 0 spiro atoms. The highest BCUT2D eigenvalue weighted by Gasteiger charge is 2.23. The normalized spacial score (nSPS) is 27.2. The zero-order chi connectivity index (χ0) is 13.1. The van der Waals surface area contributed by atoms with E-state index in [4.69, 9.17) is 9.47 Å². The number of nitrogens with one attached hydrogen (secondary N) is 1. The van der Waals surface area contributed by atoms with Crippen molar-refractivity contribution in [3.05, 3.63) is 23.9 Å². The van der Waals surface area contributed by atoms with E-state index in [1.54, 1.807) is 0 Å². The molecule has 3 rings (SSSR count). The summed E-state index contributed by atoms with van der Waals surface area (Å²) in [6.45, 7) is 3.84. The van der Waals surface area contributed by atoms with Crippen LogP contribution in [0, 0.1) is 0 Å². The lowest BCUT2D eigenvalue weighted by molar-refractivity contribution is 0.112. The Bertz CT molecular complexity index is 420. The first-order chi connectivity index (χ1) is 9.31. The molecular formula is C15H22N2O2. The first-order valence-electron chi connectivity index (χ1n) is 7.28. The molecule has 2 aliphatic rings.